The van der Waals surface area contributed by atoms with Crippen LogP contribution in [0.3, 0.4) is 0 Å². The van der Waals surface area contributed by atoms with Crippen molar-refractivity contribution >= 4 is 45.6 Å². The lowest BCUT2D eigenvalue weighted by atomic mass is 10.0. The Morgan fingerprint density at radius 3 is 2.07 bits per heavy atom. The van der Waals surface area contributed by atoms with Crippen molar-refractivity contribution in [2.75, 3.05) is 47.6 Å². The minimum absolute atomic E-state index is 0.00722. The Bertz CT molecular complexity index is 1450. The van der Waals surface area contributed by atoms with Gasteiger partial charge in [-0.2, -0.15) is 9.97 Å². The fourth-order valence-electron chi connectivity index (χ4n) is 4.64. The van der Waals surface area contributed by atoms with E-state index >= 15 is 0 Å². The monoisotopic (exact) mass is 602 g/mol. The molecule has 0 aliphatic carbocycles. The number of carbonyl (C=O) groups is 1. The highest BCUT2D eigenvalue weighted by Gasteiger charge is 2.24. The van der Waals surface area contributed by atoms with Crippen LogP contribution in [-0.2, 0) is 0 Å². The second-order valence-electron chi connectivity index (χ2n) is 9.81. The molecule has 10 heteroatoms. The van der Waals surface area contributed by atoms with E-state index in [0.29, 0.717) is 35.9 Å². The number of phenolic OH excluding ortho intramolecular Hbond substituents is 1. The molecule has 1 aliphatic rings. The van der Waals surface area contributed by atoms with Gasteiger partial charge < -0.3 is 37.0 Å². The van der Waals surface area contributed by atoms with Crippen LogP contribution in [0.4, 0.5) is 29.0 Å². The Morgan fingerprint density at radius 1 is 0.864 bits per heavy atom. The van der Waals surface area contributed by atoms with E-state index in [1.165, 1.54) is 0 Å². The van der Waals surface area contributed by atoms with Crippen molar-refractivity contribution < 1.29 is 9.90 Å². The highest BCUT2D eigenvalue weighted by Crippen LogP contribution is 2.30. The number of hydrogen-bond acceptors (Lipinski definition) is 9. The van der Waals surface area contributed by atoms with E-state index in [4.69, 9.17) is 16.5 Å². The zero-order valence-electron chi connectivity index (χ0n) is 27.4. The molecule has 44 heavy (non-hydrogen) atoms. The molecule has 7 N–H and O–H groups in total. The molecule has 2 atom stereocenters. The minimum Gasteiger partial charge on any atom is -0.506 e. The quantitative estimate of drug-likeness (QED) is 0.171. The number of fused-ring (bicyclic) bond motifs is 1. The third-order valence-electron chi connectivity index (χ3n) is 6.50. The van der Waals surface area contributed by atoms with Crippen LogP contribution >= 0.6 is 0 Å². The molecule has 0 bridgehead atoms. The maximum Gasteiger partial charge on any atom is 0.259 e. The lowest BCUT2D eigenvalue weighted by molar-refractivity contribution is 0.102. The van der Waals surface area contributed by atoms with Crippen LogP contribution in [0.2, 0.25) is 0 Å². The molecule has 1 aromatic heterocycles. The molecule has 2 heterocycles. The second kappa shape index (κ2) is 17.6. The summed E-state index contributed by atoms with van der Waals surface area (Å²) in [6.45, 7) is 13.4. The van der Waals surface area contributed by atoms with Crippen LogP contribution in [0.15, 0.2) is 66.7 Å². The molecule has 1 amide bonds. The maximum absolute atomic E-state index is 12.9. The molecule has 1 saturated heterocycles. The third-order valence-corrected chi connectivity index (χ3v) is 6.50. The molecule has 4 aromatic rings. The molecular formula is C34H50N8O2. The molecule has 1 aliphatic heterocycles. The normalized spacial score (nSPS) is 15.4. The topological polar surface area (TPSA) is 146 Å². The van der Waals surface area contributed by atoms with Gasteiger partial charge in [-0.25, -0.2) is 0 Å². The molecule has 10 nitrogen and oxygen atoms in total. The number of anilines is 5. The van der Waals surface area contributed by atoms with Gasteiger partial charge in [-0.3, -0.25) is 4.79 Å². The number of aromatic hydroxyl groups is 1. The molecule has 0 saturated carbocycles. The first kappa shape index (κ1) is 35.8. The number of nitrogens with zero attached hydrogens (tertiary/aromatic N) is 4. The number of phenols is 1. The summed E-state index contributed by atoms with van der Waals surface area (Å²) in [6.07, 6.45) is 0.788. The zero-order chi connectivity index (χ0) is 32.8. The summed E-state index contributed by atoms with van der Waals surface area (Å²) in [6, 6.07) is 20.0. The van der Waals surface area contributed by atoms with Crippen molar-refractivity contribution in [1.29, 1.82) is 0 Å². The van der Waals surface area contributed by atoms with Gasteiger partial charge in [0, 0.05) is 62.1 Å². The van der Waals surface area contributed by atoms with Crippen LogP contribution < -0.4 is 31.9 Å². The number of benzene rings is 3. The van der Waals surface area contributed by atoms with Gasteiger partial charge >= 0.3 is 0 Å². The largest absolute Gasteiger partial charge is 0.506 e. The van der Waals surface area contributed by atoms with Gasteiger partial charge in [0.1, 0.15) is 17.4 Å². The smallest absolute Gasteiger partial charge is 0.259 e. The Kier molecular flexibility index (Phi) is 14.4. The Morgan fingerprint density at radius 2 is 1.45 bits per heavy atom. The summed E-state index contributed by atoms with van der Waals surface area (Å²) in [4.78, 5) is 26.1. The average molecular weight is 603 g/mol. The van der Waals surface area contributed by atoms with Crippen molar-refractivity contribution in [2.45, 2.75) is 60.0 Å². The fourth-order valence-corrected chi connectivity index (χ4v) is 4.64. The Labute approximate surface area is 262 Å². The van der Waals surface area contributed by atoms with Crippen LogP contribution in [0, 0.1) is 0 Å². The predicted molar refractivity (Wildman–Crippen MR) is 186 cm³/mol. The van der Waals surface area contributed by atoms with Gasteiger partial charge in [-0.05, 0) is 42.1 Å². The number of amides is 1. The summed E-state index contributed by atoms with van der Waals surface area (Å²) in [5.74, 6) is 1.53. The van der Waals surface area contributed by atoms with Gasteiger partial charge in [-0.1, -0.05) is 71.9 Å². The highest BCUT2D eigenvalue weighted by molar-refractivity contribution is 6.09. The standard InChI is InChI=1S/C28H32N8O2.3C2H6/c1-35(2)28-33-24(14-25(34-28)36-15-18(29)13-19(30)16-36)31-20-8-10-21(11-9-20)32-27(38)23-12-7-17-5-3-4-6-22(17)26(23)37;3*1-2/h3-12,14,18-19,37H,13,15-16,29-30H2,1-2H3,(H,32,38)(H,31,33,34);3*1-2H3. The molecule has 238 valence electrons. The van der Waals surface area contributed by atoms with E-state index < -0.39 is 0 Å². The van der Waals surface area contributed by atoms with Crippen LogP contribution in [0.25, 0.3) is 10.8 Å². The number of carbonyl (C=O) groups excluding carboxylic acids is 1. The molecule has 2 unspecified atom stereocenters. The van der Waals surface area contributed by atoms with E-state index in [2.05, 4.69) is 20.5 Å². The second-order valence-corrected chi connectivity index (χ2v) is 9.81. The van der Waals surface area contributed by atoms with Crippen molar-refractivity contribution in [3.8, 4) is 5.75 Å². The molecule has 1 fully saturated rings. The molecule has 0 radical (unpaired) electrons. The number of rotatable bonds is 6. The van der Waals surface area contributed by atoms with Gasteiger partial charge in [0.15, 0.2) is 0 Å². The van der Waals surface area contributed by atoms with Gasteiger partial charge in [-0.15, -0.1) is 0 Å². The van der Waals surface area contributed by atoms with E-state index in [1.807, 2.05) is 103 Å². The van der Waals surface area contributed by atoms with Gasteiger partial charge in [0.05, 0.1) is 5.56 Å². The van der Waals surface area contributed by atoms with E-state index in [1.54, 1.807) is 24.3 Å². The molecule has 0 spiro atoms. The minimum atomic E-state index is -0.386. The van der Waals surface area contributed by atoms with Gasteiger partial charge in [0.2, 0.25) is 5.95 Å². The van der Waals surface area contributed by atoms with E-state index in [9.17, 15) is 9.90 Å². The van der Waals surface area contributed by atoms with Crippen molar-refractivity contribution in [1.82, 2.24) is 9.97 Å². The molecular weight excluding hydrogens is 552 g/mol. The zero-order valence-corrected chi connectivity index (χ0v) is 27.4. The number of nitrogens with one attached hydrogen (secondary N) is 2. The average Bonchev–Trinajstić information content (AvgIpc) is 3.04. The fraction of sp³-hybridized carbons (Fsp3) is 0.382. The maximum atomic E-state index is 12.9. The first-order chi connectivity index (χ1) is 21.3. The summed E-state index contributed by atoms with van der Waals surface area (Å²) >= 11 is 0. The Hall–Kier alpha value is -4.41. The van der Waals surface area contributed by atoms with Gasteiger partial charge in [0.25, 0.3) is 5.91 Å². The van der Waals surface area contributed by atoms with Crippen molar-refractivity contribution in [3.63, 3.8) is 0 Å². The summed E-state index contributed by atoms with van der Waals surface area (Å²) < 4.78 is 0. The number of aromatic nitrogens is 2. The Balaban J connectivity index is 0.00000106. The van der Waals surface area contributed by atoms with Crippen molar-refractivity contribution in [2.24, 2.45) is 11.5 Å². The predicted octanol–water partition coefficient (Wildman–Crippen LogP) is 6.34. The molecule has 5 rings (SSSR count). The lowest BCUT2D eigenvalue weighted by Crippen LogP contribution is -2.52. The summed E-state index contributed by atoms with van der Waals surface area (Å²) in [5, 5.41) is 18.3. The third kappa shape index (κ3) is 9.29. The number of hydrogen-bond donors (Lipinski definition) is 5. The summed E-state index contributed by atoms with van der Waals surface area (Å²) in [5.41, 5.74) is 14.0. The SMILES string of the molecule is CC.CC.CC.CN(C)c1nc(Nc2ccc(NC(=O)c3ccc4ccccc4c3O)cc2)cc(N2CC(N)CC(N)C2)n1. The van der Waals surface area contributed by atoms with Crippen LogP contribution in [-0.4, -0.2) is 60.3 Å². The van der Waals surface area contributed by atoms with E-state index in [-0.39, 0.29) is 29.3 Å². The van der Waals surface area contributed by atoms with Crippen LogP contribution in [0.5, 0.6) is 5.75 Å². The number of nitrogens with two attached hydrogens (primary N) is 2. The van der Waals surface area contributed by atoms with Crippen LogP contribution in [0.1, 0.15) is 58.3 Å². The van der Waals surface area contributed by atoms with E-state index in [0.717, 1.165) is 23.3 Å². The summed E-state index contributed by atoms with van der Waals surface area (Å²) in [7, 11) is 3.78. The lowest BCUT2D eigenvalue weighted by Gasteiger charge is -2.35. The highest BCUT2D eigenvalue weighted by atomic mass is 16.3. The first-order valence-corrected chi connectivity index (χ1v) is 15.5. The molecule has 3 aromatic carbocycles. The first-order valence-electron chi connectivity index (χ1n) is 15.5. The number of piperidine rings is 1. The van der Waals surface area contributed by atoms with Crippen molar-refractivity contribution in [3.05, 3.63) is 72.3 Å².